The molecule has 15 heavy (non-hydrogen) atoms. The minimum absolute atomic E-state index is 0.113. The number of aromatic amines is 1. The molecule has 0 atom stereocenters. The number of hydrogen-bond acceptors (Lipinski definition) is 4. The van der Waals surface area contributed by atoms with Crippen LogP contribution in [0.2, 0.25) is 0 Å². The average Bonchev–Trinajstić information content (AvgIpc) is 2.50. The molecule has 1 N–H and O–H groups in total. The second kappa shape index (κ2) is 3.57. The van der Waals surface area contributed by atoms with Gasteiger partial charge in [-0.2, -0.15) is 0 Å². The SMILES string of the molecule is CN(C)S(=O)(=O)c1nnc(C(C)(C)C)[nH]1. The molecule has 0 aliphatic heterocycles. The van der Waals surface area contributed by atoms with Gasteiger partial charge in [0.2, 0.25) is 0 Å². The maximum Gasteiger partial charge on any atom is 0.278 e. The maximum atomic E-state index is 11.7. The van der Waals surface area contributed by atoms with E-state index in [9.17, 15) is 8.42 Å². The van der Waals surface area contributed by atoms with Crippen LogP contribution in [0.15, 0.2) is 5.16 Å². The Labute approximate surface area is 89.8 Å². The van der Waals surface area contributed by atoms with E-state index in [0.29, 0.717) is 5.82 Å². The third-order valence-corrected chi connectivity index (χ3v) is 3.54. The fourth-order valence-electron chi connectivity index (χ4n) is 0.873. The molecule has 0 unspecified atom stereocenters. The normalized spacial score (nSPS) is 13.5. The standard InChI is InChI=1S/C8H16N4O2S/c1-8(2,3)6-9-7(11-10-6)15(13,14)12(4)5/h1-5H3,(H,9,10,11). The highest BCUT2D eigenvalue weighted by molar-refractivity contribution is 7.88. The summed E-state index contributed by atoms with van der Waals surface area (Å²) < 4.78 is 24.4. The van der Waals surface area contributed by atoms with Crippen LogP contribution in [0.5, 0.6) is 0 Å². The zero-order chi connectivity index (χ0) is 11.9. The molecule has 0 spiro atoms. The Morgan fingerprint density at radius 3 is 2.07 bits per heavy atom. The van der Waals surface area contributed by atoms with E-state index in [2.05, 4.69) is 15.2 Å². The molecule has 6 nitrogen and oxygen atoms in total. The summed E-state index contributed by atoms with van der Waals surface area (Å²) in [5, 5.41) is 7.35. The van der Waals surface area contributed by atoms with Gasteiger partial charge in [-0.1, -0.05) is 20.8 Å². The van der Waals surface area contributed by atoms with Crippen LogP contribution in [-0.2, 0) is 15.4 Å². The van der Waals surface area contributed by atoms with E-state index in [1.165, 1.54) is 14.1 Å². The lowest BCUT2D eigenvalue weighted by Crippen LogP contribution is -2.23. The molecule has 1 rings (SSSR count). The lowest BCUT2D eigenvalue weighted by atomic mass is 9.96. The van der Waals surface area contributed by atoms with Gasteiger partial charge in [-0.3, -0.25) is 0 Å². The van der Waals surface area contributed by atoms with E-state index in [4.69, 9.17) is 0 Å². The second-order valence-corrected chi connectivity index (χ2v) is 6.58. The van der Waals surface area contributed by atoms with Gasteiger partial charge in [0.15, 0.2) is 0 Å². The van der Waals surface area contributed by atoms with Crippen molar-refractivity contribution >= 4 is 10.0 Å². The zero-order valence-electron chi connectivity index (χ0n) is 9.57. The molecular formula is C8H16N4O2S. The molecule has 0 bridgehead atoms. The van der Waals surface area contributed by atoms with E-state index in [1.807, 2.05) is 20.8 Å². The summed E-state index contributed by atoms with van der Waals surface area (Å²) in [5.41, 5.74) is -0.243. The predicted octanol–water partition coefficient (Wildman–Crippen LogP) is 0.352. The van der Waals surface area contributed by atoms with Crippen molar-refractivity contribution in [3.05, 3.63) is 5.82 Å². The van der Waals surface area contributed by atoms with Crippen LogP contribution in [0.1, 0.15) is 26.6 Å². The van der Waals surface area contributed by atoms with Crippen molar-refractivity contribution in [3.8, 4) is 0 Å². The smallest absolute Gasteiger partial charge is 0.278 e. The van der Waals surface area contributed by atoms with Gasteiger partial charge >= 0.3 is 0 Å². The summed E-state index contributed by atoms with van der Waals surface area (Å²) in [6, 6.07) is 0. The number of hydrogen-bond donors (Lipinski definition) is 1. The molecule has 0 radical (unpaired) electrons. The summed E-state index contributed by atoms with van der Waals surface area (Å²) in [6.07, 6.45) is 0. The van der Waals surface area contributed by atoms with Crippen molar-refractivity contribution in [1.82, 2.24) is 19.5 Å². The van der Waals surface area contributed by atoms with Crippen molar-refractivity contribution in [3.63, 3.8) is 0 Å². The Balaban J connectivity index is 3.16. The number of aromatic nitrogens is 3. The quantitative estimate of drug-likeness (QED) is 0.798. The third-order valence-electron chi connectivity index (χ3n) is 1.90. The van der Waals surface area contributed by atoms with Crippen LogP contribution in [0, 0.1) is 0 Å². The molecule has 0 fully saturated rings. The highest BCUT2D eigenvalue weighted by atomic mass is 32.2. The molecule has 86 valence electrons. The lowest BCUT2D eigenvalue weighted by Gasteiger charge is -2.13. The molecular weight excluding hydrogens is 216 g/mol. The van der Waals surface area contributed by atoms with E-state index in [-0.39, 0.29) is 10.6 Å². The first-order chi connectivity index (χ1) is 6.65. The molecule has 1 heterocycles. The monoisotopic (exact) mass is 232 g/mol. The van der Waals surface area contributed by atoms with Crippen molar-refractivity contribution in [2.45, 2.75) is 31.3 Å². The lowest BCUT2D eigenvalue weighted by molar-refractivity contribution is 0.511. The summed E-state index contributed by atoms with van der Waals surface area (Å²) in [4.78, 5) is 2.72. The van der Waals surface area contributed by atoms with Crippen LogP contribution in [0.4, 0.5) is 0 Å². The fraction of sp³-hybridized carbons (Fsp3) is 0.750. The van der Waals surface area contributed by atoms with Crippen LogP contribution >= 0.6 is 0 Å². The Hall–Kier alpha value is -0.950. The number of nitrogens with one attached hydrogen (secondary N) is 1. The van der Waals surface area contributed by atoms with E-state index in [0.717, 1.165) is 4.31 Å². The van der Waals surface area contributed by atoms with Crippen molar-refractivity contribution in [1.29, 1.82) is 0 Å². The molecule has 0 aliphatic carbocycles. The third kappa shape index (κ3) is 2.35. The van der Waals surface area contributed by atoms with Crippen molar-refractivity contribution in [2.24, 2.45) is 0 Å². The molecule has 0 saturated carbocycles. The second-order valence-electron chi connectivity index (χ2n) is 4.52. The Bertz CT molecular complexity index is 441. The van der Waals surface area contributed by atoms with E-state index < -0.39 is 10.0 Å². The van der Waals surface area contributed by atoms with Gasteiger partial charge in [0.1, 0.15) is 5.82 Å². The summed E-state index contributed by atoms with van der Waals surface area (Å²) >= 11 is 0. The first-order valence-electron chi connectivity index (χ1n) is 4.51. The summed E-state index contributed by atoms with van der Waals surface area (Å²) in [5.74, 6) is 0.558. The summed E-state index contributed by atoms with van der Waals surface area (Å²) in [6.45, 7) is 5.79. The van der Waals surface area contributed by atoms with Gasteiger partial charge < -0.3 is 4.98 Å². The van der Waals surface area contributed by atoms with Gasteiger partial charge in [-0.05, 0) is 0 Å². The Morgan fingerprint density at radius 1 is 1.20 bits per heavy atom. The van der Waals surface area contributed by atoms with Gasteiger partial charge in [-0.15, -0.1) is 10.2 Å². The number of sulfonamides is 1. The van der Waals surface area contributed by atoms with Gasteiger partial charge in [0.05, 0.1) is 0 Å². The highest BCUT2D eigenvalue weighted by Gasteiger charge is 2.25. The van der Waals surface area contributed by atoms with E-state index >= 15 is 0 Å². The largest absolute Gasteiger partial charge is 0.314 e. The fourth-order valence-corrected chi connectivity index (χ4v) is 1.59. The first-order valence-corrected chi connectivity index (χ1v) is 5.95. The van der Waals surface area contributed by atoms with Crippen LogP contribution < -0.4 is 0 Å². The van der Waals surface area contributed by atoms with E-state index in [1.54, 1.807) is 0 Å². The highest BCUT2D eigenvalue weighted by Crippen LogP contribution is 2.19. The predicted molar refractivity (Wildman–Crippen MR) is 56.0 cm³/mol. The van der Waals surface area contributed by atoms with Crippen LogP contribution in [0.3, 0.4) is 0 Å². The maximum absolute atomic E-state index is 11.7. The molecule has 0 saturated heterocycles. The number of nitrogens with zero attached hydrogens (tertiary/aromatic N) is 3. The number of rotatable bonds is 2. The minimum Gasteiger partial charge on any atom is -0.314 e. The molecule has 0 amide bonds. The Kier molecular flexibility index (Phi) is 2.88. The van der Waals surface area contributed by atoms with Crippen molar-refractivity contribution < 1.29 is 8.42 Å². The van der Waals surface area contributed by atoms with Crippen molar-refractivity contribution in [2.75, 3.05) is 14.1 Å². The minimum atomic E-state index is -3.51. The van der Waals surface area contributed by atoms with Crippen LogP contribution in [0.25, 0.3) is 0 Å². The first kappa shape index (κ1) is 12.1. The summed E-state index contributed by atoms with van der Waals surface area (Å²) in [7, 11) is -0.606. The zero-order valence-corrected chi connectivity index (χ0v) is 10.4. The molecule has 7 heteroatoms. The topological polar surface area (TPSA) is 79.0 Å². The molecule has 1 aromatic heterocycles. The number of H-pyrrole nitrogens is 1. The molecule has 0 aliphatic rings. The van der Waals surface area contributed by atoms with Gasteiger partial charge in [0, 0.05) is 19.5 Å². The van der Waals surface area contributed by atoms with Gasteiger partial charge in [0.25, 0.3) is 15.2 Å². The average molecular weight is 232 g/mol. The van der Waals surface area contributed by atoms with Gasteiger partial charge in [-0.25, -0.2) is 12.7 Å². The molecule has 1 aromatic rings. The van der Waals surface area contributed by atoms with Crippen LogP contribution in [-0.4, -0.2) is 42.0 Å². The molecule has 0 aromatic carbocycles. The Morgan fingerprint density at radius 2 is 1.73 bits per heavy atom.